The summed E-state index contributed by atoms with van der Waals surface area (Å²) >= 11 is 0. The van der Waals surface area contributed by atoms with Gasteiger partial charge in [-0.25, -0.2) is 4.79 Å². The van der Waals surface area contributed by atoms with E-state index in [9.17, 15) is 14.4 Å². The molecule has 0 spiro atoms. The second kappa shape index (κ2) is 7.08. The van der Waals surface area contributed by atoms with Gasteiger partial charge in [0, 0.05) is 11.4 Å². The first-order valence-electron chi connectivity index (χ1n) is 7.73. The quantitative estimate of drug-likeness (QED) is 0.865. The maximum Gasteiger partial charge on any atom is 0.414 e. The number of carbonyl (C=O) groups excluding carboxylic acids is 3. The predicted octanol–water partition coefficient (Wildman–Crippen LogP) is 1.99. The van der Waals surface area contributed by atoms with Crippen molar-refractivity contribution >= 4 is 29.3 Å². The van der Waals surface area contributed by atoms with Crippen LogP contribution >= 0.6 is 0 Å². The Morgan fingerprint density at radius 3 is 2.80 bits per heavy atom. The molecule has 1 atom stereocenters. The Kier molecular flexibility index (Phi) is 4.69. The lowest BCUT2D eigenvalue weighted by atomic mass is 10.2. The molecular weight excluding hydrogens is 326 g/mol. The minimum absolute atomic E-state index is 0.340. The molecule has 1 unspecified atom stereocenters. The second-order valence-corrected chi connectivity index (χ2v) is 5.51. The van der Waals surface area contributed by atoms with Crippen molar-refractivity contribution in [2.45, 2.75) is 13.0 Å². The fourth-order valence-electron chi connectivity index (χ4n) is 2.37. The highest BCUT2D eigenvalue weighted by molar-refractivity contribution is 6.01. The highest BCUT2D eigenvalue weighted by Crippen LogP contribution is 2.22. The number of nitrogens with one attached hydrogen (secondary N) is 2. The van der Waals surface area contributed by atoms with Gasteiger partial charge in [0.2, 0.25) is 5.91 Å². The fourth-order valence-corrected chi connectivity index (χ4v) is 2.37. The van der Waals surface area contributed by atoms with Crippen LogP contribution in [-0.2, 0) is 9.53 Å². The maximum atomic E-state index is 12.3. The molecule has 0 bridgehead atoms. The van der Waals surface area contributed by atoms with E-state index in [0.29, 0.717) is 30.1 Å². The lowest BCUT2D eigenvalue weighted by Crippen LogP contribution is -2.41. The van der Waals surface area contributed by atoms with Crippen molar-refractivity contribution in [1.82, 2.24) is 5.32 Å². The fraction of sp³-hybridized carbons (Fsp3) is 0.235. The van der Waals surface area contributed by atoms with Gasteiger partial charge in [-0.1, -0.05) is 6.07 Å². The van der Waals surface area contributed by atoms with Gasteiger partial charge >= 0.3 is 6.09 Å². The zero-order valence-electron chi connectivity index (χ0n) is 13.5. The largest absolute Gasteiger partial charge is 0.472 e. The number of nitrogens with zero attached hydrogens (tertiary/aromatic N) is 1. The summed E-state index contributed by atoms with van der Waals surface area (Å²) in [7, 11) is 0. The van der Waals surface area contributed by atoms with E-state index in [1.165, 1.54) is 23.5 Å². The molecule has 1 fully saturated rings. The van der Waals surface area contributed by atoms with Crippen LogP contribution in [0.25, 0.3) is 0 Å². The molecule has 25 heavy (non-hydrogen) atoms. The van der Waals surface area contributed by atoms with Gasteiger partial charge < -0.3 is 19.8 Å². The van der Waals surface area contributed by atoms with Crippen LogP contribution in [0.15, 0.2) is 47.3 Å². The first kappa shape index (κ1) is 16.6. The molecule has 0 aliphatic carbocycles. The molecule has 1 aromatic carbocycles. The van der Waals surface area contributed by atoms with Crippen molar-refractivity contribution in [3.63, 3.8) is 0 Å². The van der Waals surface area contributed by atoms with Gasteiger partial charge in [-0.15, -0.1) is 0 Å². The van der Waals surface area contributed by atoms with E-state index < -0.39 is 18.0 Å². The Bertz CT molecular complexity index is 787. The molecule has 1 aromatic heterocycles. The van der Waals surface area contributed by atoms with Crippen LogP contribution in [0, 0.1) is 0 Å². The monoisotopic (exact) mass is 343 g/mol. The van der Waals surface area contributed by atoms with Crippen LogP contribution in [-0.4, -0.2) is 37.1 Å². The molecule has 2 N–H and O–H groups in total. The number of benzene rings is 1. The number of hydrogen-bond acceptors (Lipinski definition) is 5. The Morgan fingerprint density at radius 1 is 1.28 bits per heavy atom. The number of amides is 3. The van der Waals surface area contributed by atoms with Crippen LogP contribution < -0.4 is 15.5 Å². The number of cyclic esters (lactones) is 1. The molecule has 8 nitrogen and oxygen atoms in total. The van der Waals surface area contributed by atoms with E-state index in [2.05, 4.69) is 10.6 Å². The topological polar surface area (TPSA) is 101 Å². The van der Waals surface area contributed by atoms with Gasteiger partial charge in [0.1, 0.15) is 18.9 Å². The van der Waals surface area contributed by atoms with E-state index >= 15 is 0 Å². The molecule has 0 saturated carbocycles. The van der Waals surface area contributed by atoms with E-state index in [4.69, 9.17) is 9.15 Å². The second-order valence-electron chi connectivity index (χ2n) is 5.51. The standard InChI is InChI=1S/C17H17N3O5/c1-11(18-16(22)12-5-7-24-10-12)15(21)19-13-3-2-4-14(9-13)20-6-8-25-17(20)23/h2-5,7,9-11H,6,8H2,1H3,(H,18,22)(H,19,21). The SMILES string of the molecule is CC(NC(=O)c1ccoc1)C(=O)Nc1cccc(N2CCOC2=O)c1. The number of furan rings is 1. The molecule has 8 heteroatoms. The minimum atomic E-state index is -0.747. The number of anilines is 2. The molecule has 2 heterocycles. The van der Waals surface area contributed by atoms with Crippen molar-refractivity contribution < 1.29 is 23.5 Å². The van der Waals surface area contributed by atoms with Crippen molar-refractivity contribution in [2.75, 3.05) is 23.4 Å². The summed E-state index contributed by atoms with van der Waals surface area (Å²) in [5.74, 6) is -0.775. The summed E-state index contributed by atoms with van der Waals surface area (Å²) in [6.45, 7) is 2.38. The van der Waals surface area contributed by atoms with Gasteiger partial charge in [-0.3, -0.25) is 14.5 Å². The third-order valence-electron chi connectivity index (χ3n) is 3.71. The van der Waals surface area contributed by atoms with Gasteiger partial charge in [0.15, 0.2) is 0 Å². The zero-order valence-corrected chi connectivity index (χ0v) is 13.5. The summed E-state index contributed by atoms with van der Waals surface area (Å²) in [6.07, 6.45) is 2.27. The highest BCUT2D eigenvalue weighted by Gasteiger charge is 2.24. The van der Waals surface area contributed by atoms with Gasteiger partial charge in [-0.2, -0.15) is 0 Å². The summed E-state index contributed by atoms with van der Waals surface area (Å²) in [5, 5.41) is 5.30. The first-order chi connectivity index (χ1) is 12.0. The first-order valence-corrected chi connectivity index (χ1v) is 7.73. The van der Waals surface area contributed by atoms with E-state index in [1.807, 2.05) is 0 Å². The summed E-state index contributed by atoms with van der Waals surface area (Å²) in [4.78, 5) is 37.3. The molecule has 130 valence electrons. The summed E-state index contributed by atoms with van der Waals surface area (Å²) in [6, 6.07) is 7.63. The van der Waals surface area contributed by atoms with Crippen molar-refractivity contribution in [3.05, 3.63) is 48.4 Å². The van der Waals surface area contributed by atoms with Crippen LogP contribution in [0.5, 0.6) is 0 Å². The van der Waals surface area contributed by atoms with Crippen LogP contribution in [0.4, 0.5) is 16.2 Å². The van der Waals surface area contributed by atoms with E-state index in [-0.39, 0.29) is 5.91 Å². The molecule has 3 amide bonds. The molecule has 1 saturated heterocycles. The lowest BCUT2D eigenvalue weighted by molar-refractivity contribution is -0.117. The van der Waals surface area contributed by atoms with Crippen molar-refractivity contribution in [3.8, 4) is 0 Å². The third kappa shape index (κ3) is 3.79. The molecular formula is C17H17N3O5. The number of carbonyl (C=O) groups is 3. The van der Waals surface area contributed by atoms with Crippen LogP contribution in [0.2, 0.25) is 0 Å². The summed E-state index contributed by atoms with van der Waals surface area (Å²) < 4.78 is 9.74. The predicted molar refractivity (Wildman–Crippen MR) is 89.4 cm³/mol. The highest BCUT2D eigenvalue weighted by atomic mass is 16.6. The molecule has 1 aliphatic rings. The lowest BCUT2D eigenvalue weighted by Gasteiger charge is -2.16. The zero-order chi connectivity index (χ0) is 17.8. The molecule has 1 aliphatic heterocycles. The minimum Gasteiger partial charge on any atom is -0.472 e. The maximum absolute atomic E-state index is 12.3. The molecule has 3 rings (SSSR count). The smallest absolute Gasteiger partial charge is 0.414 e. The Hall–Kier alpha value is -3.29. The number of hydrogen-bond donors (Lipinski definition) is 2. The van der Waals surface area contributed by atoms with E-state index in [1.54, 1.807) is 31.2 Å². The van der Waals surface area contributed by atoms with Crippen molar-refractivity contribution in [2.24, 2.45) is 0 Å². The number of rotatable bonds is 5. The van der Waals surface area contributed by atoms with E-state index in [0.717, 1.165) is 0 Å². The van der Waals surface area contributed by atoms with Crippen LogP contribution in [0.3, 0.4) is 0 Å². The van der Waals surface area contributed by atoms with Crippen LogP contribution in [0.1, 0.15) is 17.3 Å². The molecule has 2 aromatic rings. The average molecular weight is 343 g/mol. The Balaban J connectivity index is 1.62. The molecule has 0 radical (unpaired) electrons. The Labute approximate surface area is 143 Å². The van der Waals surface area contributed by atoms with Gasteiger partial charge in [0.05, 0.1) is 18.4 Å². The number of ether oxygens (including phenoxy) is 1. The van der Waals surface area contributed by atoms with Crippen molar-refractivity contribution in [1.29, 1.82) is 0 Å². The average Bonchev–Trinajstić information content (AvgIpc) is 3.26. The normalized spacial score (nSPS) is 14.8. The van der Waals surface area contributed by atoms with Gasteiger partial charge in [0.25, 0.3) is 5.91 Å². The summed E-state index contributed by atoms with van der Waals surface area (Å²) in [5.41, 5.74) is 1.50. The Morgan fingerprint density at radius 2 is 2.12 bits per heavy atom. The third-order valence-corrected chi connectivity index (χ3v) is 3.71. The van der Waals surface area contributed by atoms with Gasteiger partial charge in [-0.05, 0) is 31.2 Å².